The maximum absolute atomic E-state index is 13.4. The smallest absolute Gasteiger partial charge is 0.278 e. The SMILES string of the molecule is CCC1CCCN(C(=O)c2ccc(N(C)C(=O)c3cc4nccc(-c5ccc(OC)c(OC)c5)n4n3)cc2)CC1. The summed E-state index contributed by atoms with van der Waals surface area (Å²) < 4.78 is 12.5. The van der Waals surface area contributed by atoms with Crippen molar-refractivity contribution in [1.82, 2.24) is 19.5 Å². The Kier molecular flexibility index (Phi) is 8.00. The largest absolute Gasteiger partial charge is 0.493 e. The van der Waals surface area contributed by atoms with Crippen molar-refractivity contribution in [3.8, 4) is 22.8 Å². The lowest BCUT2D eigenvalue weighted by atomic mass is 9.98. The number of carbonyl (C=O) groups excluding carboxylic acids is 2. The molecule has 0 bridgehead atoms. The molecule has 1 saturated heterocycles. The van der Waals surface area contributed by atoms with Gasteiger partial charge < -0.3 is 19.3 Å². The molecule has 0 saturated carbocycles. The molecule has 3 heterocycles. The number of fused-ring (bicyclic) bond motifs is 1. The fourth-order valence-corrected chi connectivity index (χ4v) is 5.29. The molecule has 1 aliphatic rings. The van der Waals surface area contributed by atoms with E-state index in [9.17, 15) is 9.59 Å². The third-order valence-corrected chi connectivity index (χ3v) is 7.77. The third-order valence-electron chi connectivity index (χ3n) is 7.77. The van der Waals surface area contributed by atoms with Gasteiger partial charge in [0.2, 0.25) is 0 Å². The number of benzene rings is 2. The predicted molar refractivity (Wildman–Crippen MR) is 154 cm³/mol. The second-order valence-corrected chi connectivity index (χ2v) is 10.1. The van der Waals surface area contributed by atoms with Gasteiger partial charge in [-0.05, 0) is 73.7 Å². The van der Waals surface area contributed by atoms with E-state index in [0.717, 1.165) is 43.6 Å². The van der Waals surface area contributed by atoms with E-state index in [-0.39, 0.29) is 17.5 Å². The highest BCUT2D eigenvalue weighted by molar-refractivity contribution is 6.05. The number of hydrogen-bond acceptors (Lipinski definition) is 6. The van der Waals surface area contributed by atoms with Gasteiger partial charge in [-0.15, -0.1) is 0 Å². The normalized spacial score (nSPS) is 15.5. The molecule has 208 valence electrons. The number of anilines is 1. The summed E-state index contributed by atoms with van der Waals surface area (Å²) in [5.74, 6) is 1.69. The number of nitrogens with zero attached hydrogens (tertiary/aromatic N) is 5. The standard InChI is InChI=1S/C31H35N5O4/c1-5-21-7-6-17-35(18-15-21)30(37)22-8-11-24(12-9-22)34(2)31(38)25-20-29-32-16-14-26(36(29)33-25)23-10-13-27(39-3)28(19-23)40-4/h8-14,16,19-21H,5-7,15,17-18H2,1-4H3. The number of likely N-dealkylation sites (tertiary alicyclic amines) is 1. The van der Waals surface area contributed by atoms with Crippen molar-refractivity contribution in [1.29, 1.82) is 0 Å². The molecule has 0 radical (unpaired) electrons. The average Bonchev–Trinajstić information content (AvgIpc) is 3.30. The third kappa shape index (κ3) is 5.36. The number of ether oxygens (including phenoxy) is 2. The number of amides is 2. The maximum Gasteiger partial charge on any atom is 0.278 e. The molecule has 1 aliphatic heterocycles. The molecule has 9 nitrogen and oxygen atoms in total. The molecule has 2 aromatic carbocycles. The summed E-state index contributed by atoms with van der Waals surface area (Å²) in [7, 11) is 4.88. The lowest BCUT2D eigenvalue weighted by Crippen LogP contribution is -2.32. The van der Waals surface area contributed by atoms with Crippen LogP contribution >= 0.6 is 0 Å². The van der Waals surface area contributed by atoms with Crippen LogP contribution in [0.3, 0.4) is 0 Å². The number of aromatic nitrogens is 3. The average molecular weight is 542 g/mol. The van der Waals surface area contributed by atoms with E-state index < -0.39 is 0 Å². The molecule has 0 N–H and O–H groups in total. The van der Waals surface area contributed by atoms with E-state index in [0.29, 0.717) is 34.3 Å². The van der Waals surface area contributed by atoms with Crippen LogP contribution in [0, 0.1) is 5.92 Å². The molecule has 9 heteroatoms. The topological polar surface area (TPSA) is 89.3 Å². The van der Waals surface area contributed by atoms with Crippen molar-refractivity contribution < 1.29 is 19.1 Å². The van der Waals surface area contributed by atoms with Gasteiger partial charge in [-0.25, -0.2) is 9.50 Å². The van der Waals surface area contributed by atoms with Crippen molar-refractivity contribution in [2.24, 2.45) is 5.92 Å². The zero-order chi connectivity index (χ0) is 28.2. The maximum atomic E-state index is 13.4. The highest BCUT2D eigenvalue weighted by atomic mass is 16.5. The number of hydrogen-bond donors (Lipinski definition) is 0. The lowest BCUT2D eigenvalue weighted by Gasteiger charge is -2.21. The van der Waals surface area contributed by atoms with Crippen LogP contribution in [0.1, 0.15) is 53.5 Å². The van der Waals surface area contributed by atoms with Gasteiger partial charge in [0.15, 0.2) is 22.8 Å². The van der Waals surface area contributed by atoms with E-state index in [1.165, 1.54) is 11.3 Å². The second-order valence-electron chi connectivity index (χ2n) is 10.1. The van der Waals surface area contributed by atoms with Gasteiger partial charge >= 0.3 is 0 Å². The Balaban J connectivity index is 1.34. The molecule has 2 amide bonds. The number of rotatable bonds is 7. The zero-order valence-electron chi connectivity index (χ0n) is 23.5. The molecular formula is C31H35N5O4. The van der Waals surface area contributed by atoms with E-state index >= 15 is 0 Å². The molecule has 40 heavy (non-hydrogen) atoms. The van der Waals surface area contributed by atoms with E-state index in [1.54, 1.807) is 62.3 Å². The van der Waals surface area contributed by atoms with Crippen LogP contribution in [-0.4, -0.2) is 65.7 Å². The zero-order valence-corrected chi connectivity index (χ0v) is 23.5. The van der Waals surface area contributed by atoms with Crippen molar-refractivity contribution in [2.45, 2.75) is 32.6 Å². The van der Waals surface area contributed by atoms with Gasteiger partial charge in [0, 0.05) is 49.2 Å². The summed E-state index contributed by atoms with van der Waals surface area (Å²) in [6.45, 7) is 3.81. The van der Waals surface area contributed by atoms with Gasteiger partial charge in [0.05, 0.1) is 19.9 Å². The van der Waals surface area contributed by atoms with Crippen molar-refractivity contribution >= 4 is 23.1 Å². The van der Waals surface area contributed by atoms with E-state index in [4.69, 9.17) is 9.47 Å². The van der Waals surface area contributed by atoms with Crippen LogP contribution in [0.2, 0.25) is 0 Å². The van der Waals surface area contributed by atoms with Crippen molar-refractivity contribution in [3.63, 3.8) is 0 Å². The minimum absolute atomic E-state index is 0.0476. The molecule has 1 unspecified atom stereocenters. The van der Waals surface area contributed by atoms with Crippen molar-refractivity contribution in [3.05, 3.63) is 72.1 Å². The summed E-state index contributed by atoms with van der Waals surface area (Å²) >= 11 is 0. The molecular weight excluding hydrogens is 506 g/mol. The summed E-state index contributed by atoms with van der Waals surface area (Å²) in [4.78, 5) is 34.4. The Labute approximate surface area is 234 Å². The second kappa shape index (κ2) is 11.8. The molecule has 0 aliphatic carbocycles. The highest BCUT2D eigenvalue weighted by Gasteiger charge is 2.23. The van der Waals surface area contributed by atoms with Crippen LogP contribution in [0.5, 0.6) is 11.5 Å². The van der Waals surface area contributed by atoms with Crippen LogP contribution in [0.25, 0.3) is 16.9 Å². The van der Waals surface area contributed by atoms with Crippen LogP contribution in [0.15, 0.2) is 60.8 Å². The Morgan fingerprint density at radius 2 is 1.75 bits per heavy atom. The van der Waals surface area contributed by atoms with Gasteiger partial charge in [-0.3, -0.25) is 9.59 Å². The first-order chi connectivity index (χ1) is 19.4. The minimum Gasteiger partial charge on any atom is -0.493 e. The minimum atomic E-state index is -0.277. The van der Waals surface area contributed by atoms with Gasteiger partial charge in [0.25, 0.3) is 11.8 Å². The monoisotopic (exact) mass is 541 g/mol. The molecule has 4 aromatic rings. The fraction of sp³-hybridized carbons (Fsp3) is 0.355. The molecule has 0 spiro atoms. The van der Waals surface area contributed by atoms with E-state index in [2.05, 4.69) is 17.0 Å². The van der Waals surface area contributed by atoms with Crippen LogP contribution in [-0.2, 0) is 0 Å². The summed E-state index contributed by atoms with van der Waals surface area (Å²) in [5.41, 5.74) is 3.72. The molecule has 1 atom stereocenters. The van der Waals surface area contributed by atoms with Crippen molar-refractivity contribution in [2.75, 3.05) is 39.3 Å². The van der Waals surface area contributed by atoms with Gasteiger partial charge in [-0.1, -0.05) is 13.3 Å². The quantitative estimate of drug-likeness (QED) is 0.314. The highest BCUT2D eigenvalue weighted by Crippen LogP contribution is 2.32. The summed E-state index contributed by atoms with van der Waals surface area (Å²) in [6.07, 6.45) is 6.13. The number of carbonyl (C=O) groups is 2. The predicted octanol–water partition coefficient (Wildman–Crippen LogP) is 5.34. The first kappa shape index (κ1) is 27.2. The Morgan fingerprint density at radius 3 is 2.48 bits per heavy atom. The molecule has 5 rings (SSSR count). The number of methoxy groups -OCH3 is 2. The van der Waals surface area contributed by atoms with E-state index in [1.807, 2.05) is 29.2 Å². The van der Waals surface area contributed by atoms with Gasteiger partial charge in [-0.2, -0.15) is 5.10 Å². The lowest BCUT2D eigenvalue weighted by molar-refractivity contribution is 0.0760. The fourth-order valence-electron chi connectivity index (χ4n) is 5.29. The summed E-state index contributed by atoms with van der Waals surface area (Å²) in [6, 6.07) is 16.3. The first-order valence-electron chi connectivity index (χ1n) is 13.7. The Bertz CT molecular complexity index is 1510. The van der Waals surface area contributed by atoms with Gasteiger partial charge in [0.1, 0.15) is 0 Å². The summed E-state index contributed by atoms with van der Waals surface area (Å²) in [5, 5.41) is 4.59. The van der Waals surface area contributed by atoms with Crippen LogP contribution < -0.4 is 14.4 Å². The molecule has 2 aromatic heterocycles. The first-order valence-corrected chi connectivity index (χ1v) is 13.7. The Hall–Kier alpha value is -4.40. The molecule has 1 fully saturated rings. The Morgan fingerprint density at radius 1 is 0.975 bits per heavy atom. The van der Waals surface area contributed by atoms with Crippen LogP contribution in [0.4, 0.5) is 5.69 Å².